The van der Waals surface area contributed by atoms with Crippen LogP contribution in [0.4, 0.5) is 0 Å². The van der Waals surface area contributed by atoms with Crippen LogP contribution in [0.5, 0.6) is 5.75 Å². The Morgan fingerprint density at radius 1 is 1.38 bits per heavy atom. The Bertz CT molecular complexity index is 326. The molecule has 16 heavy (non-hydrogen) atoms. The Kier molecular flexibility index (Phi) is 5.64. The number of rotatable bonds is 6. The second-order valence-corrected chi connectivity index (χ2v) is 4.79. The summed E-state index contributed by atoms with van der Waals surface area (Å²) in [6.45, 7) is 8.90. The predicted octanol–water partition coefficient (Wildman–Crippen LogP) is 3.27. The van der Waals surface area contributed by atoms with E-state index in [1.165, 1.54) is 0 Å². The van der Waals surface area contributed by atoms with E-state index in [0.29, 0.717) is 17.5 Å². The Morgan fingerprint density at radius 3 is 2.75 bits per heavy atom. The first-order valence-electron chi connectivity index (χ1n) is 5.69. The Hall–Kier alpha value is -0.730. The average molecular weight is 242 g/mol. The minimum Gasteiger partial charge on any atom is -0.491 e. The lowest BCUT2D eigenvalue weighted by molar-refractivity contribution is 0.311. The smallest absolute Gasteiger partial charge is 0.137 e. The van der Waals surface area contributed by atoms with Gasteiger partial charge in [-0.3, -0.25) is 0 Å². The van der Waals surface area contributed by atoms with Crippen molar-refractivity contribution in [3.63, 3.8) is 0 Å². The van der Waals surface area contributed by atoms with Gasteiger partial charge in [0.25, 0.3) is 0 Å². The maximum Gasteiger partial charge on any atom is 0.137 e. The number of hydrogen-bond acceptors (Lipinski definition) is 2. The molecule has 1 rings (SSSR count). The topological polar surface area (TPSA) is 21.3 Å². The maximum atomic E-state index is 6.05. The fourth-order valence-electron chi connectivity index (χ4n) is 1.35. The summed E-state index contributed by atoms with van der Waals surface area (Å²) in [4.78, 5) is 0. The van der Waals surface area contributed by atoms with Gasteiger partial charge >= 0.3 is 0 Å². The molecule has 3 heteroatoms. The third-order valence-corrected chi connectivity index (χ3v) is 2.47. The summed E-state index contributed by atoms with van der Waals surface area (Å²) < 4.78 is 5.58. The number of aryl methyl sites for hydroxylation is 1. The van der Waals surface area contributed by atoms with Gasteiger partial charge in [-0.05, 0) is 37.1 Å². The van der Waals surface area contributed by atoms with Crippen molar-refractivity contribution in [2.45, 2.75) is 20.8 Å². The molecular weight excluding hydrogens is 222 g/mol. The van der Waals surface area contributed by atoms with Crippen LogP contribution >= 0.6 is 11.6 Å². The first-order valence-corrected chi connectivity index (χ1v) is 6.07. The average Bonchev–Trinajstić information content (AvgIpc) is 2.20. The highest BCUT2D eigenvalue weighted by Gasteiger charge is 2.01. The van der Waals surface area contributed by atoms with Crippen molar-refractivity contribution in [2.75, 3.05) is 19.7 Å². The van der Waals surface area contributed by atoms with Crippen LogP contribution in [-0.4, -0.2) is 19.7 Å². The van der Waals surface area contributed by atoms with Crippen molar-refractivity contribution in [3.05, 3.63) is 28.8 Å². The van der Waals surface area contributed by atoms with Gasteiger partial charge in [0.05, 0.1) is 5.02 Å². The molecule has 1 aromatic rings. The van der Waals surface area contributed by atoms with Gasteiger partial charge < -0.3 is 10.1 Å². The lowest BCUT2D eigenvalue weighted by Crippen LogP contribution is -2.24. The summed E-state index contributed by atoms with van der Waals surface area (Å²) in [7, 11) is 0. The highest BCUT2D eigenvalue weighted by molar-refractivity contribution is 6.32. The van der Waals surface area contributed by atoms with Gasteiger partial charge in [-0.2, -0.15) is 0 Å². The minimum atomic E-state index is 0.648. The Labute approximate surface area is 103 Å². The zero-order valence-corrected chi connectivity index (χ0v) is 11.0. The quantitative estimate of drug-likeness (QED) is 0.772. The van der Waals surface area contributed by atoms with E-state index >= 15 is 0 Å². The molecule has 0 saturated carbocycles. The van der Waals surface area contributed by atoms with Crippen LogP contribution in [0.15, 0.2) is 18.2 Å². The molecule has 0 aliphatic rings. The van der Waals surface area contributed by atoms with Crippen LogP contribution in [0.25, 0.3) is 0 Å². The van der Waals surface area contributed by atoms with Gasteiger partial charge in [-0.25, -0.2) is 0 Å². The molecule has 0 aliphatic heterocycles. The summed E-state index contributed by atoms with van der Waals surface area (Å²) in [6, 6.07) is 5.83. The van der Waals surface area contributed by atoms with Gasteiger partial charge in [0.15, 0.2) is 0 Å². The van der Waals surface area contributed by atoms with Gasteiger partial charge in [0, 0.05) is 6.54 Å². The lowest BCUT2D eigenvalue weighted by atomic mass is 10.2. The van der Waals surface area contributed by atoms with Crippen molar-refractivity contribution in [1.82, 2.24) is 5.32 Å². The molecule has 0 aromatic heterocycles. The Morgan fingerprint density at radius 2 is 2.12 bits per heavy atom. The zero-order chi connectivity index (χ0) is 12.0. The maximum absolute atomic E-state index is 6.05. The highest BCUT2D eigenvalue weighted by Crippen LogP contribution is 2.24. The summed E-state index contributed by atoms with van der Waals surface area (Å²) in [5, 5.41) is 4.00. The van der Waals surface area contributed by atoms with E-state index in [4.69, 9.17) is 16.3 Å². The monoisotopic (exact) mass is 241 g/mol. The van der Waals surface area contributed by atoms with Crippen LogP contribution < -0.4 is 10.1 Å². The van der Waals surface area contributed by atoms with E-state index in [-0.39, 0.29) is 0 Å². The van der Waals surface area contributed by atoms with Crippen molar-refractivity contribution in [2.24, 2.45) is 5.92 Å². The first-order chi connectivity index (χ1) is 7.59. The number of ether oxygens (including phenoxy) is 1. The standard InChI is InChI=1S/C13H20ClNO/c1-10(2)9-15-6-7-16-13-5-4-11(3)8-12(13)14/h4-5,8,10,15H,6-7,9H2,1-3H3. The fraction of sp³-hybridized carbons (Fsp3) is 0.538. The summed E-state index contributed by atoms with van der Waals surface area (Å²) in [6.07, 6.45) is 0. The molecule has 2 nitrogen and oxygen atoms in total. The fourth-order valence-corrected chi connectivity index (χ4v) is 1.64. The number of nitrogens with one attached hydrogen (secondary N) is 1. The highest BCUT2D eigenvalue weighted by atomic mass is 35.5. The lowest BCUT2D eigenvalue weighted by Gasteiger charge is -2.10. The van der Waals surface area contributed by atoms with Crippen LogP contribution in [0.1, 0.15) is 19.4 Å². The summed E-state index contributed by atoms with van der Waals surface area (Å²) in [5.74, 6) is 1.43. The Balaban J connectivity index is 2.27. The number of halogens is 1. The molecule has 1 N–H and O–H groups in total. The molecule has 0 amide bonds. The zero-order valence-electron chi connectivity index (χ0n) is 10.2. The molecule has 0 saturated heterocycles. The van der Waals surface area contributed by atoms with Crippen molar-refractivity contribution in [1.29, 1.82) is 0 Å². The normalized spacial score (nSPS) is 10.8. The first kappa shape index (κ1) is 13.3. The van der Waals surface area contributed by atoms with Crippen LogP contribution in [0.3, 0.4) is 0 Å². The van der Waals surface area contributed by atoms with E-state index in [1.54, 1.807) is 0 Å². The third kappa shape index (κ3) is 4.86. The van der Waals surface area contributed by atoms with Crippen LogP contribution in [0.2, 0.25) is 5.02 Å². The van der Waals surface area contributed by atoms with Gasteiger partial charge in [-0.15, -0.1) is 0 Å². The van der Waals surface area contributed by atoms with E-state index in [1.807, 2.05) is 25.1 Å². The van der Waals surface area contributed by atoms with E-state index < -0.39 is 0 Å². The van der Waals surface area contributed by atoms with Gasteiger partial charge in [0.2, 0.25) is 0 Å². The number of hydrogen-bond donors (Lipinski definition) is 1. The molecule has 0 unspecified atom stereocenters. The summed E-state index contributed by atoms with van der Waals surface area (Å²) >= 11 is 6.05. The van der Waals surface area contributed by atoms with E-state index in [0.717, 1.165) is 24.4 Å². The summed E-state index contributed by atoms with van der Waals surface area (Å²) in [5.41, 5.74) is 1.15. The van der Waals surface area contributed by atoms with Crippen LogP contribution in [-0.2, 0) is 0 Å². The molecule has 1 aromatic carbocycles. The molecule has 0 atom stereocenters. The molecule has 0 aliphatic carbocycles. The van der Waals surface area contributed by atoms with Gasteiger partial charge in [0.1, 0.15) is 12.4 Å². The second kappa shape index (κ2) is 6.77. The van der Waals surface area contributed by atoms with Crippen molar-refractivity contribution < 1.29 is 4.74 Å². The molecule has 90 valence electrons. The van der Waals surface area contributed by atoms with Crippen LogP contribution in [0, 0.1) is 12.8 Å². The molecule has 0 radical (unpaired) electrons. The predicted molar refractivity (Wildman–Crippen MR) is 69.4 cm³/mol. The molecule has 0 spiro atoms. The van der Waals surface area contributed by atoms with Crippen molar-refractivity contribution in [3.8, 4) is 5.75 Å². The molecular formula is C13H20ClNO. The largest absolute Gasteiger partial charge is 0.491 e. The molecule has 0 heterocycles. The molecule has 0 bridgehead atoms. The van der Waals surface area contributed by atoms with Crippen molar-refractivity contribution >= 4 is 11.6 Å². The van der Waals surface area contributed by atoms with E-state index in [2.05, 4.69) is 19.2 Å². The second-order valence-electron chi connectivity index (χ2n) is 4.38. The number of benzene rings is 1. The molecule has 0 fully saturated rings. The third-order valence-electron chi connectivity index (χ3n) is 2.18. The SMILES string of the molecule is Cc1ccc(OCCNCC(C)C)c(Cl)c1. The van der Waals surface area contributed by atoms with E-state index in [9.17, 15) is 0 Å². The van der Waals surface area contributed by atoms with Gasteiger partial charge in [-0.1, -0.05) is 31.5 Å². The minimum absolute atomic E-state index is 0.648.